The minimum Gasteiger partial charge on any atom is -0.388 e. The van der Waals surface area contributed by atoms with E-state index in [-0.39, 0.29) is 16.9 Å². The Morgan fingerprint density at radius 2 is 1.59 bits per heavy atom. The molecular formula is C21H24O. The third kappa shape index (κ3) is 1.58. The summed E-state index contributed by atoms with van der Waals surface area (Å²) in [4.78, 5) is 0. The molecule has 2 aromatic carbocycles. The third-order valence-electron chi connectivity index (χ3n) is 6.35. The van der Waals surface area contributed by atoms with Crippen molar-refractivity contribution >= 4 is 0 Å². The number of hydrogen-bond donors (Lipinski definition) is 1. The van der Waals surface area contributed by atoms with Gasteiger partial charge in [-0.2, -0.15) is 0 Å². The summed E-state index contributed by atoms with van der Waals surface area (Å²) in [5.74, 6) is 0. The lowest BCUT2D eigenvalue weighted by atomic mass is 9.60. The van der Waals surface area contributed by atoms with Crippen LogP contribution in [0.25, 0.3) is 0 Å². The summed E-state index contributed by atoms with van der Waals surface area (Å²) in [5.41, 5.74) is 5.37. The normalized spacial score (nSPS) is 27.9. The molecule has 0 heterocycles. The van der Waals surface area contributed by atoms with Crippen molar-refractivity contribution in [3.05, 3.63) is 70.8 Å². The average molecular weight is 292 g/mol. The van der Waals surface area contributed by atoms with Crippen LogP contribution in [0.15, 0.2) is 48.5 Å². The van der Waals surface area contributed by atoms with Gasteiger partial charge in [-0.15, -0.1) is 0 Å². The zero-order valence-electron chi connectivity index (χ0n) is 13.5. The van der Waals surface area contributed by atoms with Crippen molar-refractivity contribution in [3.63, 3.8) is 0 Å². The Kier molecular flexibility index (Phi) is 2.99. The first-order valence-corrected chi connectivity index (χ1v) is 8.47. The van der Waals surface area contributed by atoms with Crippen molar-refractivity contribution in [2.45, 2.75) is 51.0 Å². The number of rotatable bonds is 2. The summed E-state index contributed by atoms with van der Waals surface area (Å²) < 4.78 is 0. The zero-order chi connectivity index (χ0) is 15.4. The van der Waals surface area contributed by atoms with Gasteiger partial charge in [0.1, 0.15) is 0 Å². The monoisotopic (exact) mass is 292 g/mol. The molecule has 1 spiro atoms. The van der Waals surface area contributed by atoms with E-state index in [9.17, 15) is 5.11 Å². The fourth-order valence-electron chi connectivity index (χ4n) is 5.22. The lowest BCUT2D eigenvalue weighted by molar-refractivity contribution is -0.00956. The van der Waals surface area contributed by atoms with Crippen LogP contribution in [0.2, 0.25) is 0 Å². The Morgan fingerprint density at radius 1 is 1.00 bits per heavy atom. The molecular weight excluding hydrogens is 268 g/mol. The maximum atomic E-state index is 11.3. The fourth-order valence-corrected chi connectivity index (χ4v) is 5.22. The second-order valence-electron chi connectivity index (χ2n) is 7.35. The van der Waals surface area contributed by atoms with Crippen LogP contribution in [-0.4, -0.2) is 5.11 Å². The zero-order valence-corrected chi connectivity index (χ0v) is 13.5. The molecule has 0 aliphatic heterocycles. The van der Waals surface area contributed by atoms with E-state index in [4.69, 9.17) is 0 Å². The SMILES string of the molecule is CCCC1(C)c2ccccc2C(O)C12Cc1ccccc1C2. The molecule has 1 nitrogen and oxygen atoms in total. The van der Waals surface area contributed by atoms with Crippen LogP contribution in [0.3, 0.4) is 0 Å². The molecule has 1 heteroatoms. The van der Waals surface area contributed by atoms with Crippen molar-refractivity contribution in [2.75, 3.05) is 0 Å². The lowest BCUT2D eigenvalue weighted by Gasteiger charge is -2.44. The van der Waals surface area contributed by atoms with Gasteiger partial charge < -0.3 is 5.11 Å². The van der Waals surface area contributed by atoms with Crippen LogP contribution in [0, 0.1) is 5.41 Å². The number of benzene rings is 2. The second kappa shape index (κ2) is 4.70. The quantitative estimate of drug-likeness (QED) is 0.859. The van der Waals surface area contributed by atoms with Gasteiger partial charge in [-0.1, -0.05) is 68.8 Å². The van der Waals surface area contributed by atoms with Gasteiger partial charge in [0, 0.05) is 10.8 Å². The van der Waals surface area contributed by atoms with Crippen molar-refractivity contribution in [2.24, 2.45) is 5.41 Å². The Balaban J connectivity index is 1.90. The smallest absolute Gasteiger partial charge is 0.0863 e. The van der Waals surface area contributed by atoms with E-state index in [1.54, 1.807) is 0 Å². The Bertz CT molecular complexity index is 692. The van der Waals surface area contributed by atoms with Crippen molar-refractivity contribution < 1.29 is 5.11 Å². The average Bonchev–Trinajstić information content (AvgIpc) is 3.01. The van der Waals surface area contributed by atoms with Crippen molar-refractivity contribution in [1.29, 1.82) is 0 Å². The minimum atomic E-state index is -0.354. The van der Waals surface area contributed by atoms with Crippen molar-refractivity contribution in [1.82, 2.24) is 0 Å². The van der Waals surface area contributed by atoms with E-state index in [0.29, 0.717) is 0 Å². The van der Waals surface area contributed by atoms with Crippen LogP contribution in [0.5, 0.6) is 0 Å². The predicted octanol–water partition coefficient (Wildman–Crippen LogP) is 4.58. The molecule has 2 aliphatic carbocycles. The number of aliphatic hydroxyl groups is 1. The van der Waals surface area contributed by atoms with Gasteiger partial charge in [-0.25, -0.2) is 0 Å². The first kappa shape index (κ1) is 14.0. The van der Waals surface area contributed by atoms with E-state index < -0.39 is 0 Å². The van der Waals surface area contributed by atoms with E-state index in [0.717, 1.165) is 31.2 Å². The van der Waals surface area contributed by atoms with Gasteiger partial charge in [-0.3, -0.25) is 0 Å². The molecule has 1 N–H and O–H groups in total. The molecule has 4 rings (SSSR count). The van der Waals surface area contributed by atoms with E-state index in [1.807, 2.05) is 0 Å². The van der Waals surface area contributed by atoms with Crippen LogP contribution in [0.1, 0.15) is 55.0 Å². The summed E-state index contributed by atoms with van der Waals surface area (Å²) >= 11 is 0. The maximum absolute atomic E-state index is 11.3. The molecule has 114 valence electrons. The topological polar surface area (TPSA) is 20.2 Å². The first-order valence-electron chi connectivity index (χ1n) is 8.47. The number of fused-ring (bicyclic) bond motifs is 2. The van der Waals surface area contributed by atoms with E-state index in [2.05, 4.69) is 62.4 Å². The molecule has 0 aromatic heterocycles. The van der Waals surface area contributed by atoms with Crippen LogP contribution in [0.4, 0.5) is 0 Å². The maximum Gasteiger partial charge on any atom is 0.0863 e. The van der Waals surface area contributed by atoms with Crippen LogP contribution < -0.4 is 0 Å². The Labute approximate surface area is 133 Å². The second-order valence-corrected chi connectivity index (χ2v) is 7.35. The molecule has 0 fully saturated rings. The highest BCUT2D eigenvalue weighted by atomic mass is 16.3. The highest BCUT2D eigenvalue weighted by Gasteiger charge is 2.61. The molecule has 0 saturated heterocycles. The van der Waals surface area contributed by atoms with Gasteiger partial charge in [-0.05, 0) is 41.5 Å². The highest BCUT2D eigenvalue weighted by molar-refractivity contribution is 5.50. The number of aliphatic hydroxyl groups excluding tert-OH is 1. The molecule has 0 saturated carbocycles. The standard InChI is InChI=1S/C21H24O/c1-3-12-20(2)18-11-7-6-10-17(18)19(22)21(20)13-15-8-4-5-9-16(15)14-21/h4-11,19,22H,3,12-14H2,1-2H3. The van der Waals surface area contributed by atoms with Gasteiger partial charge in [0.15, 0.2) is 0 Å². The van der Waals surface area contributed by atoms with E-state index in [1.165, 1.54) is 16.7 Å². The third-order valence-corrected chi connectivity index (χ3v) is 6.35. The highest BCUT2D eigenvalue weighted by Crippen LogP contribution is 2.64. The molecule has 2 unspecified atom stereocenters. The summed E-state index contributed by atoms with van der Waals surface area (Å²) in [6.45, 7) is 4.64. The summed E-state index contributed by atoms with van der Waals surface area (Å²) in [5, 5.41) is 11.3. The lowest BCUT2D eigenvalue weighted by Crippen LogP contribution is -2.43. The molecule has 22 heavy (non-hydrogen) atoms. The Morgan fingerprint density at radius 3 is 2.23 bits per heavy atom. The van der Waals surface area contributed by atoms with Crippen LogP contribution >= 0.6 is 0 Å². The van der Waals surface area contributed by atoms with Crippen LogP contribution in [-0.2, 0) is 18.3 Å². The minimum absolute atomic E-state index is 0.0524. The number of hydrogen-bond acceptors (Lipinski definition) is 1. The van der Waals surface area contributed by atoms with Gasteiger partial charge in [0.25, 0.3) is 0 Å². The fraction of sp³-hybridized carbons (Fsp3) is 0.429. The molecule has 0 radical (unpaired) electrons. The summed E-state index contributed by atoms with van der Waals surface area (Å²) in [6.07, 6.45) is 3.92. The summed E-state index contributed by atoms with van der Waals surface area (Å²) in [6, 6.07) is 17.3. The molecule has 2 atom stereocenters. The predicted molar refractivity (Wildman–Crippen MR) is 89.9 cm³/mol. The van der Waals surface area contributed by atoms with Gasteiger partial charge in [0.2, 0.25) is 0 Å². The Hall–Kier alpha value is -1.60. The first-order chi connectivity index (χ1) is 10.6. The largest absolute Gasteiger partial charge is 0.388 e. The van der Waals surface area contributed by atoms with E-state index >= 15 is 0 Å². The molecule has 2 aromatic rings. The van der Waals surface area contributed by atoms with Gasteiger partial charge >= 0.3 is 0 Å². The molecule has 0 amide bonds. The van der Waals surface area contributed by atoms with Crippen molar-refractivity contribution in [3.8, 4) is 0 Å². The molecule has 2 aliphatic rings. The van der Waals surface area contributed by atoms with Gasteiger partial charge in [0.05, 0.1) is 6.10 Å². The molecule has 0 bridgehead atoms. The summed E-state index contributed by atoms with van der Waals surface area (Å²) in [7, 11) is 0.